The number of nitriles is 1. The molecule has 0 aromatic carbocycles. The van der Waals surface area contributed by atoms with Crippen LogP contribution in [-0.4, -0.2) is 15.2 Å². The van der Waals surface area contributed by atoms with E-state index in [1.807, 2.05) is 19.9 Å². The van der Waals surface area contributed by atoms with Crippen molar-refractivity contribution in [3.8, 4) is 6.07 Å². The second kappa shape index (κ2) is 4.66. The molecule has 86 valence electrons. The zero-order valence-electron chi connectivity index (χ0n) is 9.78. The minimum atomic E-state index is 0.591. The van der Waals surface area contributed by atoms with Gasteiger partial charge in [-0.2, -0.15) is 10.4 Å². The average Bonchev–Trinajstić information content (AvgIpc) is 2.72. The molecule has 2 heterocycles. The van der Waals surface area contributed by atoms with Crippen LogP contribution in [0.4, 0.5) is 5.82 Å². The number of hydrogen-bond acceptors (Lipinski definition) is 4. The Hall–Kier alpha value is -2.35. The second-order valence-electron chi connectivity index (χ2n) is 3.84. The molecule has 0 aliphatic heterocycles. The number of anilines is 1. The van der Waals surface area contributed by atoms with Crippen molar-refractivity contribution >= 4 is 5.82 Å². The Morgan fingerprint density at radius 1 is 1.47 bits per heavy atom. The van der Waals surface area contributed by atoms with E-state index >= 15 is 0 Å². The minimum Gasteiger partial charge on any atom is -0.365 e. The molecule has 17 heavy (non-hydrogen) atoms. The van der Waals surface area contributed by atoms with Gasteiger partial charge < -0.3 is 5.32 Å². The van der Waals surface area contributed by atoms with Gasteiger partial charge in [-0.25, -0.2) is 4.98 Å². The standard InChI is InChI=1S/C12H13N5/c1-8-3-4-14-12(11(8)5-13)15-6-10-7-16-17-9(10)2/h3-4,7H,6H2,1-2H3,(H,14,15)(H,16,17). The summed E-state index contributed by atoms with van der Waals surface area (Å²) in [7, 11) is 0. The Bertz CT molecular complexity index is 565. The molecule has 2 rings (SSSR count). The predicted octanol–water partition coefficient (Wildman–Crippen LogP) is 1.91. The van der Waals surface area contributed by atoms with Crippen molar-refractivity contribution in [2.24, 2.45) is 0 Å². The molecule has 0 spiro atoms. The molecule has 0 saturated heterocycles. The summed E-state index contributed by atoms with van der Waals surface area (Å²) >= 11 is 0. The molecular formula is C12H13N5. The molecule has 5 heteroatoms. The van der Waals surface area contributed by atoms with Gasteiger partial charge in [-0.3, -0.25) is 5.10 Å². The summed E-state index contributed by atoms with van der Waals surface area (Å²) in [5, 5.41) is 19.0. The lowest BCUT2D eigenvalue weighted by molar-refractivity contribution is 1.04. The minimum absolute atomic E-state index is 0.591. The average molecular weight is 227 g/mol. The van der Waals surface area contributed by atoms with Gasteiger partial charge in [0.2, 0.25) is 0 Å². The fraction of sp³-hybridized carbons (Fsp3) is 0.250. The van der Waals surface area contributed by atoms with Crippen LogP contribution < -0.4 is 5.32 Å². The van der Waals surface area contributed by atoms with E-state index in [9.17, 15) is 0 Å². The quantitative estimate of drug-likeness (QED) is 0.839. The Balaban J connectivity index is 2.18. The first-order valence-electron chi connectivity index (χ1n) is 5.31. The van der Waals surface area contributed by atoms with Crippen LogP contribution in [-0.2, 0) is 6.54 Å². The highest BCUT2D eigenvalue weighted by atomic mass is 15.1. The molecule has 2 N–H and O–H groups in total. The highest BCUT2D eigenvalue weighted by Gasteiger charge is 2.07. The van der Waals surface area contributed by atoms with E-state index < -0.39 is 0 Å². The van der Waals surface area contributed by atoms with Crippen LogP contribution in [0.1, 0.15) is 22.4 Å². The zero-order valence-corrected chi connectivity index (χ0v) is 9.78. The number of hydrogen-bond donors (Lipinski definition) is 2. The summed E-state index contributed by atoms with van der Waals surface area (Å²) in [6, 6.07) is 3.99. The van der Waals surface area contributed by atoms with E-state index in [1.165, 1.54) is 0 Å². The normalized spacial score (nSPS) is 9.94. The van der Waals surface area contributed by atoms with Crippen molar-refractivity contribution in [2.75, 3.05) is 5.32 Å². The van der Waals surface area contributed by atoms with Crippen LogP contribution in [0.3, 0.4) is 0 Å². The molecule has 2 aromatic heterocycles. The molecule has 0 unspecified atom stereocenters. The molecule has 0 aliphatic rings. The molecule has 2 aromatic rings. The maximum atomic E-state index is 9.06. The van der Waals surface area contributed by atoms with Crippen LogP contribution in [0.25, 0.3) is 0 Å². The van der Waals surface area contributed by atoms with E-state index in [0.29, 0.717) is 17.9 Å². The molecular weight excluding hydrogens is 214 g/mol. The van der Waals surface area contributed by atoms with Gasteiger partial charge in [0.15, 0.2) is 0 Å². The molecule has 0 fully saturated rings. The Kier molecular flexibility index (Phi) is 3.06. The van der Waals surface area contributed by atoms with E-state index in [1.54, 1.807) is 12.4 Å². The number of H-pyrrole nitrogens is 1. The number of pyridine rings is 1. The molecule has 5 nitrogen and oxygen atoms in total. The van der Waals surface area contributed by atoms with Gasteiger partial charge in [0.05, 0.1) is 11.8 Å². The zero-order chi connectivity index (χ0) is 12.3. The number of aromatic amines is 1. The van der Waals surface area contributed by atoms with Gasteiger partial charge in [0.25, 0.3) is 0 Å². The molecule has 0 saturated carbocycles. The van der Waals surface area contributed by atoms with E-state index in [-0.39, 0.29) is 0 Å². The van der Waals surface area contributed by atoms with Crippen LogP contribution in [0.2, 0.25) is 0 Å². The lowest BCUT2D eigenvalue weighted by atomic mass is 10.1. The summed E-state index contributed by atoms with van der Waals surface area (Å²) in [4.78, 5) is 4.18. The Labute approximate surface area is 99.5 Å². The number of aromatic nitrogens is 3. The predicted molar refractivity (Wildman–Crippen MR) is 64.3 cm³/mol. The van der Waals surface area contributed by atoms with Gasteiger partial charge >= 0.3 is 0 Å². The first-order valence-corrected chi connectivity index (χ1v) is 5.31. The highest BCUT2D eigenvalue weighted by Crippen LogP contribution is 2.16. The van der Waals surface area contributed by atoms with E-state index in [4.69, 9.17) is 5.26 Å². The van der Waals surface area contributed by atoms with Gasteiger partial charge in [-0.1, -0.05) is 0 Å². The summed E-state index contributed by atoms with van der Waals surface area (Å²) in [6.07, 6.45) is 3.46. The molecule has 0 atom stereocenters. The first kappa shape index (κ1) is 11.1. The van der Waals surface area contributed by atoms with E-state index in [2.05, 4.69) is 26.6 Å². The van der Waals surface area contributed by atoms with E-state index in [0.717, 1.165) is 16.8 Å². The van der Waals surface area contributed by atoms with Crippen molar-refractivity contribution in [2.45, 2.75) is 20.4 Å². The fourth-order valence-corrected chi connectivity index (χ4v) is 1.57. The maximum absolute atomic E-state index is 9.06. The number of nitrogens with zero attached hydrogens (tertiary/aromatic N) is 3. The molecule has 0 aliphatic carbocycles. The third kappa shape index (κ3) is 2.26. The van der Waals surface area contributed by atoms with Crippen molar-refractivity contribution in [3.05, 3.63) is 40.8 Å². The van der Waals surface area contributed by atoms with Gasteiger partial charge in [-0.15, -0.1) is 0 Å². The number of aryl methyl sites for hydroxylation is 2. The monoisotopic (exact) mass is 227 g/mol. The molecule has 0 radical (unpaired) electrons. The van der Waals surface area contributed by atoms with Crippen LogP contribution in [0, 0.1) is 25.2 Å². The van der Waals surface area contributed by atoms with Gasteiger partial charge in [0.1, 0.15) is 11.9 Å². The number of nitrogens with one attached hydrogen (secondary N) is 2. The van der Waals surface area contributed by atoms with Crippen LogP contribution in [0.15, 0.2) is 18.5 Å². The fourth-order valence-electron chi connectivity index (χ4n) is 1.57. The summed E-state index contributed by atoms with van der Waals surface area (Å²) in [5.41, 5.74) is 3.60. The van der Waals surface area contributed by atoms with Crippen LogP contribution >= 0.6 is 0 Å². The summed E-state index contributed by atoms with van der Waals surface area (Å²) < 4.78 is 0. The van der Waals surface area contributed by atoms with Crippen LogP contribution in [0.5, 0.6) is 0 Å². The second-order valence-corrected chi connectivity index (χ2v) is 3.84. The maximum Gasteiger partial charge on any atom is 0.144 e. The Morgan fingerprint density at radius 2 is 2.29 bits per heavy atom. The van der Waals surface area contributed by atoms with Crippen molar-refractivity contribution in [1.29, 1.82) is 5.26 Å². The van der Waals surface area contributed by atoms with Gasteiger partial charge in [0, 0.05) is 24.0 Å². The topological polar surface area (TPSA) is 77.4 Å². The van der Waals surface area contributed by atoms with Crippen molar-refractivity contribution < 1.29 is 0 Å². The largest absolute Gasteiger partial charge is 0.365 e. The van der Waals surface area contributed by atoms with Gasteiger partial charge in [-0.05, 0) is 25.5 Å². The summed E-state index contributed by atoms with van der Waals surface area (Å²) in [6.45, 7) is 4.46. The Morgan fingerprint density at radius 3 is 2.94 bits per heavy atom. The third-order valence-electron chi connectivity index (χ3n) is 2.65. The summed E-state index contributed by atoms with van der Waals surface area (Å²) in [5.74, 6) is 0.619. The molecule has 0 amide bonds. The number of rotatable bonds is 3. The third-order valence-corrected chi connectivity index (χ3v) is 2.65. The first-order chi connectivity index (χ1) is 8.22. The highest BCUT2D eigenvalue weighted by molar-refractivity contribution is 5.55. The SMILES string of the molecule is Cc1ccnc(NCc2cn[nH]c2C)c1C#N. The smallest absolute Gasteiger partial charge is 0.144 e. The molecule has 0 bridgehead atoms. The van der Waals surface area contributed by atoms with Crippen molar-refractivity contribution in [1.82, 2.24) is 15.2 Å². The lowest BCUT2D eigenvalue weighted by Gasteiger charge is -2.07. The lowest BCUT2D eigenvalue weighted by Crippen LogP contribution is -2.04. The van der Waals surface area contributed by atoms with Crippen molar-refractivity contribution in [3.63, 3.8) is 0 Å².